The zero-order chi connectivity index (χ0) is 27.5. The van der Waals surface area contributed by atoms with Crippen molar-refractivity contribution in [3.05, 3.63) is 53.1 Å². The Morgan fingerprint density at radius 1 is 0.865 bits per heavy atom. The largest absolute Gasteiger partial charge is 0.443 e. The van der Waals surface area contributed by atoms with Crippen LogP contribution in [-0.2, 0) is 9.47 Å². The smallest absolute Gasteiger partial charge is 0.419 e. The number of fused-ring (bicyclic) bond motifs is 2. The van der Waals surface area contributed by atoms with E-state index in [4.69, 9.17) is 21.1 Å². The van der Waals surface area contributed by atoms with Gasteiger partial charge in [0.25, 0.3) is 5.91 Å². The first-order chi connectivity index (χ1) is 17.2. The van der Waals surface area contributed by atoms with Gasteiger partial charge in [0.2, 0.25) is 0 Å². The van der Waals surface area contributed by atoms with Crippen LogP contribution in [0.1, 0.15) is 64.7 Å². The van der Waals surface area contributed by atoms with Gasteiger partial charge in [0.15, 0.2) is 0 Å². The van der Waals surface area contributed by atoms with Gasteiger partial charge in [-0.1, -0.05) is 23.7 Å². The molecule has 0 saturated carbocycles. The summed E-state index contributed by atoms with van der Waals surface area (Å²) in [5.41, 5.74) is 1.40. The van der Waals surface area contributed by atoms with E-state index in [-0.39, 0.29) is 12.5 Å². The Morgan fingerprint density at radius 2 is 1.46 bits per heavy atom. The normalized spacial score (nSPS) is 13.5. The predicted octanol–water partition coefficient (Wildman–Crippen LogP) is 7.02. The molecule has 0 saturated heterocycles. The van der Waals surface area contributed by atoms with Crippen molar-refractivity contribution in [3.8, 4) is 0 Å². The maximum atomic E-state index is 13.2. The van der Waals surface area contributed by atoms with Crippen LogP contribution in [0.4, 0.5) is 26.7 Å². The molecule has 1 heterocycles. The third kappa shape index (κ3) is 7.16. The molecule has 9 heteroatoms. The minimum atomic E-state index is -0.755. The summed E-state index contributed by atoms with van der Waals surface area (Å²) in [5.74, 6) is -0.109. The molecule has 3 amide bonds. The fourth-order valence-electron chi connectivity index (χ4n) is 3.98. The van der Waals surface area contributed by atoms with Gasteiger partial charge in [0.05, 0.1) is 22.6 Å². The zero-order valence-electron chi connectivity index (χ0n) is 22.6. The van der Waals surface area contributed by atoms with Gasteiger partial charge in [-0.15, -0.1) is 0 Å². The van der Waals surface area contributed by atoms with Crippen LogP contribution in [0.15, 0.2) is 42.5 Å². The highest BCUT2D eigenvalue weighted by molar-refractivity contribution is 6.31. The highest BCUT2D eigenvalue weighted by Crippen LogP contribution is 2.41. The lowest BCUT2D eigenvalue weighted by molar-refractivity contribution is 0.00122. The molecule has 0 aromatic heterocycles. The average molecular weight is 530 g/mol. The zero-order valence-corrected chi connectivity index (χ0v) is 23.4. The third-order valence-electron chi connectivity index (χ3n) is 5.56. The first kappa shape index (κ1) is 28.3. The fourth-order valence-corrected chi connectivity index (χ4v) is 4.14. The van der Waals surface area contributed by atoms with Gasteiger partial charge >= 0.3 is 12.2 Å². The minimum Gasteiger partial charge on any atom is -0.443 e. The number of rotatable bonds is 5. The molecule has 0 atom stereocenters. The van der Waals surface area contributed by atoms with Gasteiger partial charge in [0.1, 0.15) is 11.2 Å². The van der Waals surface area contributed by atoms with E-state index in [9.17, 15) is 14.4 Å². The second-order valence-electron chi connectivity index (χ2n) is 11.0. The van der Waals surface area contributed by atoms with Crippen molar-refractivity contribution in [1.82, 2.24) is 4.90 Å². The van der Waals surface area contributed by atoms with Crippen molar-refractivity contribution >= 4 is 46.8 Å². The summed E-state index contributed by atoms with van der Waals surface area (Å²) < 4.78 is 10.9. The molecule has 2 aromatic rings. The summed E-state index contributed by atoms with van der Waals surface area (Å²) in [6.07, 6.45) is -0.380. The minimum absolute atomic E-state index is 0.109. The lowest BCUT2D eigenvalue weighted by atomic mass is 10.1. The molecule has 0 aliphatic carbocycles. The van der Waals surface area contributed by atoms with Gasteiger partial charge in [-0.25, -0.2) is 14.5 Å². The van der Waals surface area contributed by atoms with Crippen LogP contribution in [0.5, 0.6) is 0 Å². The van der Waals surface area contributed by atoms with Crippen LogP contribution in [-0.4, -0.2) is 54.3 Å². The SMILES string of the molecule is CN1C(=O)c2ccccc2N(CCCCN(C(=O)OC(C)(C)C)C(=O)OC(C)(C)C)c2cc(Cl)ccc21. The maximum absolute atomic E-state index is 13.2. The number of benzene rings is 2. The predicted molar refractivity (Wildman–Crippen MR) is 146 cm³/mol. The Kier molecular flexibility index (Phi) is 8.42. The van der Waals surface area contributed by atoms with E-state index in [1.165, 1.54) is 0 Å². The molecule has 0 bridgehead atoms. The Bertz CT molecular complexity index is 1140. The van der Waals surface area contributed by atoms with E-state index in [1.54, 1.807) is 65.6 Å². The number of hydrogen-bond acceptors (Lipinski definition) is 6. The molecule has 1 aliphatic heterocycles. The number of carbonyl (C=O) groups is 3. The number of unbranched alkanes of at least 4 members (excludes halogenated alkanes) is 1. The van der Waals surface area contributed by atoms with Gasteiger partial charge in [-0.3, -0.25) is 4.79 Å². The summed E-state index contributed by atoms with van der Waals surface area (Å²) in [4.78, 5) is 43.5. The second kappa shape index (κ2) is 11.0. The highest BCUT2D eigenvalue weighted by Gasteiger charge is 2.32. The Balaban J connectivity index is 1.82. The second-order valence-corrected chi connectivity index (χ2v) is 11.4. The molecule has 0 unspecified atom stereocenters. The number of hydrogen-bond donors (Lipinski definition) is 0. The van der Waals surface area contributed by atoms with Crippen LogP contribution in [0.25, 0.3) is 0 Å². The highest BCUT2D eigenvalue weighted by atomic mass is 35.5. The van der Waals surface area contributed by atoms with Crippen molar-refractivity contribution in [2.24, 2.45) is 0 Å². The van der Waals surface area contributed by atoms with Crippen molar-refractivity contribution in [2.75, 3.05) is 29.9 Å². The van der Waals surface area contributed by atoms with Gasteiger partial charge in [0, 0.05) is 25.2 Å². The summed E-state index contributed by atoms with van der Waals surface area (Å²) in [6.45, 7) is 11.1. The summed E-state index contributed by atoms with van der Waals surface area (Å²) in [7, 11) is 1.74. The number of amides is 3. The molecule has 0 fully saturated rings. The van der Waals surface area contributed by atoms with Crippen molar-refractivity contribution < 1.29 is 23.9 Å². The molecule has 0 N–H and O–H groups in total. The van der Waals surface area contributed by atoms with Crippen LogP contribution in [0.2, 0.25) is 5.02 Å². The number of carbonyl (C=O) groups excluding carboxylic acids is 3. The number of para-hydroxylation sites is 1. The van der Waals surface area contributed by atoms with E-state index >= 15 is 0 Å². The third-order valence-corrected chi connectivity index (χ3v) is 5.80. The van der Waals surface area contributed by atoms with Crippen LogP contribution in [0.3, 0.4) is 0 Å². The summed E-state index contributed by atoms with van der Waals surface area (Å²) in [6, 6.07) is 12.9. The van der Waals surface area contributed by atoms with Crippen LogP contribution in [0, 0.1) is 0 Å². The quantitative estimate of drug-likeness (QED) is 0.387. The van der Waals surface area contributed by atoms with Gasteiger partial charge in [-0.05, 0) is 84.7 Å². The maximum Gasteiger partial charge on any atom is 0.419 e. The molecular weight excluding hydrogens is 494 g/mol. The van der Waals surface area contributed by atoms with E-state index in [0.29, 0.717) is 30.0 Å². The van der Waals surface area contributed by atoms with E-state index in [0.717, 1.165) is 22.0 Å². The molecule has 2 aromatic carbocycles. The van der Waals surface area contributed by atoms with E-state index < -0.39 is 23.4 Å². The number of nitrogens with zero attached hydrogens (tertiary/aromatic N) is 3. The molecule has 200 valence electrons. The molecule has 0 spiro atoms. The Labute approximate surface area is 224 Å². The lowest BCUT2D eigenvalue weighted by Crippen LogP contribution is -2.44. The lowest BCUT2D eigenvalue weighted by Gasteiger charge is -2.29. The van der Waals surface area contributed by atoms with Crippen molar-refractivity contribution in [1.29, 1.82) is 0 Å². The standard InChI is InChI=1S/C28H36ClN3O5/c1-27(2,3)36-25(34)32(26(35)37-28(4,5)6)17-11-10-16-31-21-13-9-8-12-20(21)24(33)30(7)22-15-14-19(29)18-23(22)31/h8-9,12-15,18H,10-11,16-17H2,1-7H3. The number of imide groups is 1. The average Bonchev–Trinajstić information content (AvgIpc) is 2.85. The van der Waals surface area contributed by atoms with E-state index in [1.807, 2.05) is 30.3 Å². The summed E-state index contributed by atoms with van der Waals surface area (Å²) >= 11 is 6.34. The Morgan fingerprint density at radius 3 is 2.05 bits per heavy atom. The van der Waals surface area contributed by atoms with Crippen LogP contribution >= 0.6 is 11.6 Å². The topological polar surface area (TPSA) is 79.4 Å². The monoisotopic (exact) mass is 529 g/mol. The van der Waals surface area contributed by atoms with Gasteiger partial charge < -0.3 is 19.3 Å². The molecule has 0 radical (unpaired) electrons. The molecular formula is C28H36ClN3O5. The first-order valence-corrected chi connectivity index (χ1v) is 12.7. The molecule has 3 rings (SSSR count). The van der Waals surface area contributed by atoms with Crippen molar-refractivity contribution in [2.45, 2.75) is 65.6 Å². The summed E-state index contributed by atoms with van der Waals surface area (Å²) in [5, 5.41) is 0.560. The van der Waals surface area contributed by atoms with Gasteiger partial charge in [-0.2, -0.15) is 0 Å². The number of anilines is 3. The fraction of sp³-hybridized carbons (Fsp3) is 0.464. The molecule has 37 heavy (non-hydrogen) atoms. The van der Waals surface area contributed by atoms with E-state index in [2.05, 4.69) is 4.90 Å². The Hall–Kier alpha value is -3.26. The number of halogens is 1. The first-order valence-electron chi connectivity index (χ1n) is 12.4. The van der Waals surface area contributed by atoms with Crippen molar-refractivity contribution in [3.63, 3.8) is 0 Å². The molecule has 8 nitrogen and oxygen atoms in total. The van der Waals surface area contributed by atoms with Crippen LogP contribution < -0.4 is 9.80 Å². The number of ether oxygens (including phenoxy) is 2. The molecule has 1 aliphatic rings.